The summed E-state index contributed by atoms with van der Waals surface area (Å²) in [6.07, 6.45) is 9.15. The highest BCUT2D eigenvalue weighted by Crippen LogP contribution is 2.25. The molecule has 0 bridgehead atoms. The second-order valence-electron chi connectivity index (χ2n) is 11.3. The van der Waals surface area contributed by atoms with E-state index >= 15 is 0 Å². The van der Waals surface area contributed by atoms with E-state index in [1.807, 2.05) is 24.3 Å². The lowest BCUT2D eigenvalue weighted by molar-refractivity contribution is 0.183. The minimum atomic E-state index is 0.645. The zero-order valence-electron chi connectivity index (χ0n) is 26.6. The van der Waals surface area contributed by atoms with Crippen LogP contribution in [0.15, 0.2) is 77.9 Å². The molecule has 232 valence electrons. The monoisotopic (exact) mass is 585 g/mol. The maximum absolute atomic E-state index is 6.08. The van der Waals surface area contributed by atoms with Gasteiger partial charge in [-0.15, -0.1) is 0 Å². The van der Waals surface area contributed by atoms with Crippen LogP contribution in [0.5, 0.6) is 17.2 Å². The molecule has 1 aliphatic heterocycles. The Hall–Kier alpha value is -3.51. The molecule has 0 radical (unpaired) electrons. The van der Waals surface area contributed by atoms with Crippen LogP contribution in [0.3, 0.4) is 0 Å². The third-order valence-electron chi connectivity index (χ3n) is 7.81. The lowest BCUT2D eigenvalue weighted by Gasteiger charge is -2.26. The number of piperidine rings is 1. The van der Waals surface area contributed by atoms with Gasteiger partial charge in [-0.3, -0.25) is 9.91 Å². The Bertz CT molecular complexity index is 1200. The lowest BCUT2D eigenvalue weighted by Crippen LogP contribution is -2.33. The summed E-state index contributed by atoms with van der Waals surface area (Å²) in [6.45, 7) is 12.8. The smallest absolute Gasteiger partial charge is 0.119 e. The maximum Gasteiger partial charge on any atom is 0.119 e. The molecule has 0 N–H and O–H groups in total. The number of nitrogens with zero attached hydrogens (tertiary/aromatic N) is 3. The standard InChI is InChI=1S/C37H51N3O3/c1-4-7-27-41-35-20-14-32(15-21-35)37(6-3)38-40(33-16-22-36(23-17-33)42-28-8-5-2)30-31-12-18-34(19-13-31)43-29-26-39-24-10-9-11-25-39/h12-23H,4-11,24-30H2,1-3H3/b38-37+. The van der Waals surface area contributed by atoms with Gasteiger partial charge in [-0.2, -0.15) is 5.10 Å². The minimum absolute atomic E-state index is 0.645. The maximum atomic E-state index is 6.08. The van der Waals surface area contributed by atoms with Gasteiger partial charge in [-0.05, 0) is 117 Å². The number of unbranched alkanes of at least 4 members (excludes halogenated alkanes) is 2. The Morgan fingerprint density at radius 3 is 1.77 bits per heavy atom. The van der Waals surface area contributed by atoms with Crippen molar-refractivity contribution in [2.45, 2.75) is 78.7 Å². The Kier molecular flexibility index (Phi) is 13.7. The van der Waals surface area contributed by atoms with Crippen LogP contribution in [0.25, 0.3) is 0 Å². The van der Waals surface area contributed by atoms with Crippen LogP contribution in [-0.4, -0.2) is 50.1 Å². The molecular formula is C37H51N3O3. The van der Waals surface area contributed by atoms with Crippen LogP contribution >= 0.6 is 0 Å². The van der Waals surface area contributed by atoms with Crippen molar-refractivity contribution in [1.29, 1.82) is 0 Å². The van der Waals surface area contributed by atoms with E-state index in [9.17, 15) is 0 Å². The fourth-order valence-electron chi connectivity index (χ4n) is 5.13. The van der Waals surface area contributed by atoms with Crippen LogP contribution in [0.1, 0.15) is 83.3 Å². The number of likely N-dealkylation sites (tertiary alicyclic amines) is 1. The predicted molar refractivity (Wildman–Crippen MR) is 179 cm³/mol. The Morgan fingerprint density at radius 1 is 0.674 bits per heavy atom. The highest BCUT2D eigenvalue weighted by molar-refractivity contribution is 6.01. The van der Waals surface area contributed by atoms with Gasteiger partial charge >= 0.3 is 0 Å². The van der Waals surface area contributed by atoms with E-state index in [-0.39, 0.29) is 0 Å². The number of rotatable bonds is 18. The van der Waals surface area contributed by atoms with Crippen molar-refractivity contribution in [2.75, 3.05) is 44.5 Å². The zero-order chi connectivity index (χ0) is 30.1. The van der Waals surface area contributed by atoms with Gasteiger partial charge < -0.3 is 14.2 Å². The number of benzene rings is 3. The first-order valence-corrected chi connectivity index (χ1v) is 16.4. The van der Waals surface area contributed by atoms with Gasteiger partial charge in [0.15, 0.2) is 0 Å². The topological polar surface area (TPSA) is 46.5 Å². The molecule has 0 amide bonds. The average Bonchev–Trinajstić information content (AvgIpc) is 3.05. The predicted octanol–water partition coefficient (Wildman–Crippen LogP) is 8.73. The van der Waals surface area contributed by atoms with Crippen LogP contribution in [0.2, 0.25) is 0 Å². The molecule has 6 heteroatoms. The van der Waals surface area contributed by atoms with Crippen molar-refractivity contribution >= 4 is 11.4 Å². The summed E-state index contributed by atoms with van der Waals surface area (Å²) in [6, 6.07) is 25.1. The fraction of sp³-hybridized carbons (Fsp3) is 0.486. The number of hydrogen-bond donors (Lipinski definition) is 0. The van der Waals surface area contributed by atoms with E-state index in [4.69, 9.17) is 19.3 Å². The third kappa shape index (κ3) is 10.9. The third-order valence-corrected chi connectivity index (χ3v) is 7.81. The second kappa shape index (κ2) is 18.2. The van der Waals surface area contributed by atoms with Gasteiger partial charge in [0.2, 0.25) is 0 Å². The molecule has 0 unspecified atom stereocenters. The first kappa shape index (κ1) is 32.4. The van der Waals surface area contributed by atoms with E-state index in [2.05, 4.69) is 79.2 Å². The van der Waals surface area contributed by atoms with Crippen molar-refractivity contribution in [3.05, 3.63) is 83.9 Å². The summed E-state index contributed by atoms with van der Waals surface area (Å²) in [4.78, 5) is 2.51. The van der Waals surface area contributed by atoms with Crippen molar-refractivity contribution in [3.8, 4) is 17.2 Å². The van der Waals surface area contributed by atoms with Gasteiger partial charge in [0.1, 0.15) is 23.9 Å². The number of hydrazone groups is 1. The summed E-state index contributed by atoms with van der Waals surface area (Å²) in [5.74, 6) is 2.71. The van der Waals surface area contributed by atoms with Gasteiger partial charge in [-0.25, -0.2) is 0 Å². The highest BCUT2D eigenvalue weighted by atomic mass is 16.5. The van der Waals surface area contributed by atoms with E-state index in [0.717, 1.165) is 92.7 Å². The first-order valence-electron chi connectivity index (χ1n) is 16.4. The molecule has 1 saturated heterocycles. The highest BCUT2D eigenvalue weighted by Gasteiger charge is 2.12. The molecule has 0 aromatic heterocycles. The molecule has 43 heavy (non-hydrogen) atoms. The van der Waals surface area contributed by atoms with Crippen molar-refractivity contribution < 1.29 is 14.2 Å². The number of ether oxygens (including phenoxy) is 3. The fourth-order valence-corrected chi connectivity index (χ4v) is 5.13. The van der Waals surface area contributed by atoms with E-state index in [1.165, 1.54) is 37.9 Å². The quantitative estimate of drug-likeness (QED) is 0.0849. The van der Waals surface area contributed by atoms with Crippen molar-refractivity contribution in [3.63, 3.8) is 0 Å². The number of anilines is 1. The van der Waals surface area contributed by atoms with E-state index in [0.29, 0.717) is 6.54 Å². The summed E-state index contributed by atoms with van der Waals surface area (Å²) in [7, 11) is 0. The first-order chi connectivity index (χ1) is 21.2. The SMILES string of the molecule is CCCCOc1ccc(/C(CC)=N/N(Cc2ccc(OCCN3CCCCC3)cc2)c2ccc(OCCCC)cc2)cc1. The molecule has 3 aromatic carbocycles. The van der Waals surface area contributed by atoms with Gasteiger partial charge in [0.25, 0.3) is 0 Å². The Morgan fingerprint density at radius 2 is 1.21 bits per heavy atom. The molecule has 6 nitrogen and oxygen atoms in total. The molecule has 1 aliphatic rings. The average molecular weight is 586 g/mol. The second-order valence-corrected chi connectivity index (χ2v) is 11.3. The van der Waals surface area contributed by atoms with E-state index in [1.54, 1.807) is 0 Å². The van der Waals surface area contributed by atoms with Crippen molar-refractivity contribution in [2.24, 2.45) is 5.10 Å². The molecular weight excluding hydrogens is 534 g/mol. The molecule has 1 fully saturated rings. The Balaban J connectivity index is 1.47. The molecule has 3 aromatic rings. The van der Waals surface area contributed by atoms with Gasteiger partial charge in [0.05, 0.1) is 31.2 Å². The molecule has 4 rings (SSSR count). The zero-order valence-corrected chi connectivity index (χ0v) is 26.6. The summed E-state index contributed by atoms with van der Waals surface area (Å²) < 4.78 is 17.9. The summed E-state index contributed by atoms with van der Waals surface area (Å²) in [5, 5.41) is 7.29. The lowest BCUT2D eigenvalue weighted by atomic mass is 10.1. The van der Waals surface area contributed by atoms with Crippen LogP contribution in [-0.2, 0) is 6.54 Å². The van der Waals surface area contributed by atoms with Gasteiger partial charge in [-0.1, -0.05) is 52.2 Å². The summed E-state index contributed by atoms with van der Waals surface area (Å²) >= 11 is 0. The van der Waals surface area contributed by atoms with E-state index < -0.39 is 0 Å². The summed E-state index contributed by atoms with van der Waals surface area (Å²) in [5.41, 5.74) is 4.33. The van der Waals surface area contributed by atoms with Crippen LogP contribution in [0.4, 0.5) is 5.69 Å². The van der Waals surface area contributed by atoms with Crippen molar-refractivity contribution in [1.82, 2.24) is 4.90 Å². The molecule has 0 spiro atoms. The van der Waals surface area contributed by atoms with Crippen LogP contribution in [0, 0.1) is 0 Å². The molecule has 0 aliphatic carbocycles. The largest absolute Gasteiger partial charge is 0.494 e. The van der Waals surface area contributed by atoms with Gasteiger partial charge in [0, 0.05) is 6.54 Å². The minimum Gasteiger partial charge on any atom is -0.494 e. The number of hydrogen-bond acceptors (Lipinski definition) is 6. The Labute approximate surface area is 259 Å². The molecule has 0 atom stereocenters. The normalized spacial score (nSPS) is 14.0. The van der Waals surface area contributed by atoms with Crippen LogP contribution < -0.4 is 19.2 Å². The molecule has 0 saturated carbocycles. The molecule has 1 heterocycles.